The van der Waals surface area contributed by atoms with Gasteiger partial charge in [0.15, 0.2) is 0 Å². The first-order chi connectivity index (χ1) is 18.9. The highest BCUT2D eigenvalue weighted by atomic mass is 35.5. The molecule has 1 N–H and O–H groups in total. The van der Waals surface area contributed by atoms with Crippen LogP contribution in [0.2, 0.25) is 5.02 Å². The SMILES string of the molecule is CCOC(=O)C1CCN(c2cnn(-c3ccc(Cl)cc3)c(=O)c2Oc2ccc(-c3ccc(O)cc3)cc2)CC1. The number of piperidine rings is 1. The highest BCUT2D eigenvalue weighted by Crippen LogP contribution is 2.33. The summed E-state index contributed by atoms with van der Waals surface area (Å²) in [7, 11) is 0. The van der Waals surface area contributed by atoms with Gasteiger partial charge < -0.3 is 19.5 Å². The van der Waals surface area contributed by atoms with Crippen molar-refractivity contribution in [3.05, 3.63) is 94.4 Å². The number of benzene rings is 3. The summed E-state index contributed by atoms with van der Waals surface area (Å²) in [6, 6.07) is 21.1. The second-order valence-corrected chi connectivity index (χ2v) is 9.68. The second kappa shape index (κ2) is 11.6. The van der Waals surface area contributed by atoms with Crippen molar-refractivity contribution in [3.8, 4) is 34.1 Å². The van der Waals surface area contributed by atoms with Crippen LogP contribution < -0.4 is 15.2 Å². The van der Waals surface area contributed by atoms with Gasteiger partial charge in [-0.15, -0.1) is 0 Å². The maximum Gasteiger partial charge on any atom is 0.316 e. The highest BCUT2D eigenvalue weighted by molar-refractivity contribution is 6.30. The molecule has 0 bridgehead atoms. The van der Waals surface area contributed by atoms with Crippen LogP contribution >= 0.6 is 11.6 Å². The largest absolute Gasteiger partial charge is 0.508 e. The minimum absolute atomic E-state index is 0.145. The van der Waals surface area contributed by atoms with Gasteiger partial charge in [-0.3, -0.25) is 9.59 Å². The van der Waals surface area contributed by atoms with Crippen molar-refractivity contribution >= 4 is 23.3 Å². The minimum atomic E-state index is -0.412. The normalized spacial score (nSPS) is 13.7. The molecule has 0 spiro atoms. The number of halogens is 1. The van der Waals surface area contributed by atoms with Gasteiger partial charge >= 0.3 is 11.5 Å². The van der Waals surface area contributed by atoms with E-state index in [9.17, 15) is 14.7 Å². The van der Waals surface area contributed by atoms with Crippen molar-refractivity contribution in [1.29, 1.82) is 0 Å². The monoisotopic (exact) mass is 545 g/mol. The van der Waals surface area contributed by atoms with Crippen LogP contribution in [-0.4, -0.2) is 40.6 Å². The van der Waals surface area contributed by atoms with Crippen LogP contribution in [-0.2, 0) is 9.53 Å². The maximum atomic E-state index is 13.7. The Morgan fingerprint density at radius 3 is 2.21 bits per heavy atom. The van der Waals surface area contributed by atoms with E-state index in [1.807, 2.05) is 29.2 Å². The van der Waals surface area contributed by atoms with Gasteiger partial charge in [0.2, 0.25) is 5.75 Å². The fraction of sp³-hybridized carbons (Fsp3) is 0.233. The number of phenols is 1. The van der Waals surface area contributed by atoms with E-state index >= 15 is 0 Å². The van der Waals surface area contributed by atoms with E-state index in [1.54, 1.807) is 61.7 Å². The van der Waals surface area contributed by atoms with E-state index in [4.69, 9.17) is 21.1 Å². The first kappa shape index (κ1) is 26.3. The zero-order valence-electron chi connectivity index (χ0n) is 21.4. The number of esters is 1. The lowest BCUT2D eigenvalue weighted by Gasteiger charge is -2.33. The first-order valence-corrected chi connectivity index (χ1v) is 13.2. The molecule has 0 aliphatic carbocycles. The summed E-state index contributed by atoms with van der Waals surface area (Å²) in [6.07, 6.45) is 2.85. The van der Waals surface area contributed by atoms with Crippen molar-refractivity contribution in [2.24, 2.45) is 5.92 Å². The summed E-state index contributed by atoms with van der Waals surface area (Å²) in [5.41, 5.74) is 2.60. The Hall–Kier alpha value is -4.30. The molecule has 0 amide bonds. The van der Waals surface area contributed by atoms with E-state index in [1.165, 1.54) is 4.68 Å². The van der Waals surface area contributed by atoms with Crippen molar-refractivity contribution in [2.75, 3.05) is 24.6 Å². The molecule has 1 aromatic heterocycles. The molecule has 0 unspecified atom stereocenters. The molecule has 1 aliphatic rings. The van der Waals surface area contributed by atoms with Crippen LogP contribution in [0.25, 0.3) is 16.8 Å². The number of hydrogen-bond acceptors (Lipinski definition) is 7. The van der Waals surface area contributed by atoms with Crippen molar-refractivity contribution in [3.63, 3.8) is 0 Å². The summed E-state index contributed by atoms with van der Waals surface area (Å²) in [6.45, 7) is 3.28. The van der Waals surface area contributed by atoms with E-state index in [-0.39, 0.29) is 23.4 Å². The van der Waals surface area contributed by atoms with Crippen molar-refractivity contribution in [1.82, 2.24) is 9.78 Å². The number of ether oxygens (including phenoxy) is 2. The van der Waals surface area contributed by atoms with Crippen molar-refractivity contribution in [2.45, 2.75) is 19.8 Å². The van der Waals surface area contributed by atoms with Gasteiger partial charge in [0.1, 0.15) is 17.2 Å². The van der Waals surface area contributed by atoms with Crippen LogP contribution in [0, 0.1) is 5.92 Å². The molecule has 1 aliphatic heterocycles. The fourth-order valence-electron chi connectivity index (χ4n) is 4.62. The molecule has 4 aromatic rings. The first-order valence-electron chi connectivity index (χ1n) is 12.8. The molecule has 8 nitrogen and oxygen atoms in total. The number of carbonyl (C=O) groups is 1. The van der Waals surface area contributed by atoms with E-state index in [0.717, 1.165) is 11.1 Å². The average Bonchev–Trinajstić information content (AvgIpc) is 2.96. The molecule has 5 rings (SSSR count). The molecule has 1 fully saturated rings. The van der Waals surface area contributed by atoms with E-state index in [0.29, 0.717) is 54.7 Å². The molecule has 2 heterocycles. The summed E-state index contributed by atoms with van der Waals surface area (Å²) >= 11 is 6.04. The summed E-state index contributed by atoms with van der Waals surface area (Å²) < 4.78 is 12.7. The van der Waals surface area contributed by atoms with Gasteiger partial charge in [-0.25, -0.2) is 0 Å². The summed E-state index contributed by atoms with van der Waals surface area (Å²) in [4.78, 5) is 28.0. The van der Waals surface area contributed by atoms with Crippen LogP contribution in [0.3, 0.4) is 0 Å². The predicted octanol–water partition coefficient (Wildman–Crippen LogP) is 5.83. The molecule has 3 aromatic carbocycles. The predicted molar refractivity (Wildman–Crippen MR) is 150 cm³/mol. The third-order valence-corrected chi connectivity index (χ3v) is 6.97. The van der Waals surface area contributed by atoms with Gasteiger partial charge in [-0.2, -0.15) is 9.78 Å². The fourth-order valence-corrected chi connectivity index (χ4v) is 4.75. The quantitative estimate of drug-likeness (QED) is 0.292. The lowest BCUT2D eigenvalue weighted by atomic mass is 9.96. The number of rotatable bonds is 7. The number of anilines is 1. The Kier molecular flexibility index (Phi) is 7.84. The smallest absolute Gasteiger partial charge is 0.316 e. The lowest BCUT2D eigenvalue weighted by Crippen LogP contribution is -2.38. The van der Waals surface area contributed by atoms with Crippen LogP contribution in [0.15, 0.2) is 83.8 Å². The third-order valence-electron chi connectivity index (χ3n) is 6.72. The number of carbonyl (C=O) groups excluding carboxylic acids is 1. The summed E-state index contributed by atoms with van der Waals surface area (Å²) in [5.74, 6) is 0.490. The summed E-state index contributed by atoms with van der Waals surface area (Å²) in [5, 5.41) is 14.5. The minimum Gasteiger partial charge on any atom is -0.508 e. The molecular formula is C30H28ClN3O5. The van der Waals surface area contributed by atoms with E-state index < -0.39 is 5.56 Å². The topological polar surface area (TPSA) is 93.9 Å². The Morgan fingerprint density at radius 1 is 0.974 bits per heavy atom. The zero-order chi connectivity index (χ0) is 27.4. The standard InChI is InChI=1S/C30H28ClN3O5/c1-2-38-30(37)22-15-17-33(18-16-22)27-19-32-34(24-9-7-23(31)8-10-24)29(36)28(27)39-26-13-5-21(6-14-26)20-3-11-25(35)12-4-20/h3-14,19,22,35H,2,15-18H2,1H3. The number of phenolic OH excluding ortho intramolecular Hbond substituents is 1. The van der Waals surface area contributed by atoms with E-state index in [2.05, 4.69) is 5.10 Å². The number of aromatic nitrogens is 2. The number of hydrogen-bond donors (Lipinski definition) is 1. The van der Waals surface area contributed by atoms with Crippen LogP contribution in [0.4, 0.5) is 5.69 Å². The van der Waals surface area contributed by atoms with Crippen LogP contribution in [0.1, 0.15) is 19.8 Å². The molecule has 1 saturated heterocycles. The molecule has 200 valence electrons. The molecule has 9 heteroatoms. The number of nitrogens with zero attached hydrogens (tertiary/aromatic N) is 3. The second-order valence-electron chi connectivity index (χ2n) is 9.24. The van der Waals surface area contributed by atoms with Gasteiger partial charge in [0.25, 0.3) is 0 Å². The maximum absolute atomic E-state index is 13.7. The molecule has 0 radical (unpaired) electrons. The Labute approximate surface area is 231 Å². The average molecular weight is 546 g/mol. The molecule has 39 heavy (non-hydrogen) atoms. The van der Waals surface area contributed by atoms with Gasteiger partial charge in [-0.1, -0.05) is 35.9 Å². The van der Waals surface area contributed by atoms with Gasteiger partial charge in [0.05, 0.1) is 24.4 Å². The van der Waals surface area contributed by atoms with Gasteiger partial charge in [0, 0.05) is 18.1 Å². The third kappa shape index (κ3) is 5.91. The molecular weight excluding hydrogens is 518 g/mol. The Bertz CT molecular complexity index is 1490. The zero-order valence-corrected chi connectivity index (χ0v) is 22.2. The van der Waals surface area contributed by atoms with Crippen molar-refractivity contribution < 1.29 is 19.4 Å². The lowest BCUT2D eigenvalue weighted by molar-refractivity contribution is -0.148. The Morgan fingerprint density at radius 2 is 1.59 bits per heavy atom. The van der Waals surface area contributed by atoms with Gasteiger partial charge in [-0.05, 0) is 79.4 Å². The number of aromatic hydroxyl groups is 1. The molecule has 0 saturated carbocycles. The Balaban J connectivity index is 1.46. The highest BCUT2D eigenvalue weighted by Gasteiger charge is 2.29. The molecule has 0 atom stereocenters. The van der Waals surface area contributed by atoms with Crippen LogP contribution in [0.5, 0.6) is 17.2 Å².